The topological polar surface area (TPSA) is 64.0 Å². The molecule has 0 fully saturated rings. The number of fused-ring (bicyclic) bond motifs is 1. The lowest BCUT2D eigenvalue weighted by atomic mass is 10.1. The summed E-state index contributed by atoms with van der Waals surface area (Å²) in [7, 11) is 0. The van der Waals surface area contributed by atoms with E-state index in [0.29, 0.717) is 21.1 Å². The highest BCUT2D eigenvalue weighted by Crippen LogP contribution is 2.33. The smallest absolute Gasteiger partial charge is 0.263 e. The number of thioether (sulfide) groups is 1. The van der Waals surface area contributed by atoms with Gasteiger partial charge in [-0.1, -0.05) is 47.7 Å². The highest BCUT2D eigenvalue weighted by atomic mass is 32.2. The second-order valence-electron chi connectivity index (χ2n) is 7.55. The summed E-state index contributed by atoms with van der Waals surface area (Å²) in [5.41, 5.74) is 3.30. The number of allylic oxidation sites excluding steroid dienone is 1. The van der Waals surface area contributed by atoms with Crippen LogP contribution in [0.5, 0.6) is 0 Å². The maximum atomic E-state index is 13.5. The number of anilines is 1. The summed E-state index contributed by atoms with van der Waals surface area (Å²) >= 11 is 2.61. The van der Waals surface area contributed by atoms with Crippen molar-refractivity contribution in [1.29, 1.82) is 0 Å². The van der Waals surface area contributed by atoms with E-state index in [0.717, 1.165) is 16.7 Å². The Morgan fingerprint density at radius 1 is 1.24 bits per heavy atom. The number of halogens is 1. The molecule has 0 aliphatic rings. The Bertz CT molecular complexity index is 1380. The predicted octanol–water partition coefficient (Wildman–Crippen LogP) is 5.88. The number of carbonyl (C=O) groups is 1. The molecule has 0 aliphatic heterocycles. The first-order valence-electron chi connectivity index (χ1n) is 10.3. The number of aryl methyl sites for hydroxylation is 1. The van der Waals surface area contributed by atoms with Gasteiger partial charge in [-0.25, -0.2) is 9.37 Å². The fourth-order valence-electron chi connectivity index (χ4n) is 3.32. The second kappa shape index (κ2) is 9.72. The molecule has 0 saturated heterocycles. The first-order valence-corrected chi connectivity index (χ1v) is 12.1. The Labute approximate surface area is 199 Å². The van der Waals surface area contributed by atoms with Gasteiger partial charge in [0.05, 0.1) is 10.6 Å². The third-order valence-corrected chi connectivity index (χ3v) is 7.06. The third-order valence-electron chi connectivity index (χ3n) is 5.10. The largest absolute Gasteiger partial charge is 0.325 e. The minimum Gasteiger partial charge on any atom is -0.325 e. The van der Waals surface area contributed by atoms with Crippen molar-refractivity contribution in [2.24, 2.45) is 0 Å². The Kier molecular flexibility index (Phi) is 6.76. The van der Waals surface area contributed by atoms with E-state index >= 15 is 0 Å². The van der Waals surface area contributed by atoms with Crippen molar-refractivity contribution in [3.8, 4) is 11.1 Å². The maximum absolute atomic E-state index is 13.5. The molecular weight excluding hydrogens is 457 g/mol. The quantitative estimate of drug-likeness (QED) is 0.204. The number of aromatic nitrogens is 2. The van der Waals surface area contributed by atoms with Crippen LogP contribution in [0.25, 0.3) is 21.3 Å². The van der Waals surface area contributed by atoms with E-state index in [4.69, 9.17) is 4.98 Å². The maximum Gasteiger partial charge on any atom is 0.263 e. The molecule has 1 unspecified atom stereocenters. The van der Waals surface area contributed by atoms with E-state index in [1.807, 2.05) is 36.6 Å². The monoisotopic (exact) mass is 479 g/mol. The molecule has 168 valence electrons. The van der Waals surface area contributed by atoms with Gasteiger partial charge in [-0.3, -0.25) is 14.2 Å². The predicted molar refractivity (Wildman–Crippen MR) is 135 cm³/mol. The second-order valence-corrected chi connectivity index (χ2v) is 9.72. The number of thiophene rings is 1. The van der Waals surface area contributed by atoms with Gasteiger partial charge in [0, 0.05) is 23.2 Å². The van der Waals surface area contributed by atoms with Crippen LogP contribution in [0, 0.1) is 12.7 Å². The summed E-state index contributed by atoms with van der Waals surface area (Å²) in [6, 6.07) is 13.6. The molecule has 0 spiro atoms. The summed E-state index contributed by atoms with van der Waals surface area (Å²) in [4.78, 5) is 31.5. The van der Waals surface area contributed by atoms with Crippen LogP contribution in [0.2, 0.25) is 0 Å². The number of carbonyl (C=O) groups excluding carboxylic acids is 1. The number of nitrogens with one attached hydrogen (secondary N) is 1. The summed E-state index contributed by atoms with van der Waals surface area (Å²) in [5.74, 6) is -0.639. The van der Waals surface area contributed by atoms with E-state index in [-0.39, 0.29) is 23.8 Å². The van der Waals surface area contributed by atoms with E-state index < -0.39 is 5.25 Å². The van der Waals surface area contributed by atoms with Crippen molar-refractivity contribution in [1.82, 2.24) is 9.55 Å². The molecule has 1 atom stereocenters. The molecule has 0 bridgehead atoms. The van der Waals surface area contributed by atoms with Crippen LogP contribution in [0.4, 0.5) is 10.1 Å². The van der Waals surface area contributed by atoms with E-state index in [1.165, 1.54) is 47.4 Å². The van der Waals surface area contributed by atoms with Crippen molar-refractivity contribution in [2.75, 3.05) is 5.32 Å². The van der Waals surface area contributed by atoms with Gasteiger partial charge in [0.1, 0.15) is 10.6 Å². The lowest BCUT2D eigenvalue weighted by Crippen LogP contribution is -2.26. The van der Waals surface area contributed by atoms with Crippen LogP contribution in [-0.4, -0.2) is 20.7 Å². The highest BCUT2D eigenvalue weighted by Gasteiger charge is 2.21. The molecule has 0 aliphatic carbocycles. The van der Waals surface area contributed by atoms with Gasteiger partial charge in [0.25, 0.3) is 5.56 Å². The summed E-state index contributed by atoms with van der Waals surface area (Å²) in [6.07, 6.45) is 1.64. The molecule has 8 heteroatoms. The third kappa shape index (κ3) is 4.91. The highest BCUT2D eigenvalue weighted by molar-refractivity contribution is 8.00. The molecule has 0 radical (unpaired) electrons. The average Bonchev–Trinajstić information content (AvgIpc) is 3.22. The van der Waals surface area contributed by atoms with Crippen molar-refractivity contribution in [3.63, 3.8) is 0 Å². The van der Waals surface area contributed by atoms with Crippen molar-refractivity contribution >= 4 is 44.9 Å². The van der Waals surface area contributed by atoms with Gasteiger partial charge in [-0.05, 0) is 43.7 Å². The van der Waals surface area contributed by atoms with E-state index in [9.17, 15) is 14.0 Å². The SMILES string of the molecule is C=CCn1c(SC(C)C(=O)Nc2ccc(F)cc2)nc2scc(-c3ccc(C)cc3)c2c1=O. The summed E-state index contributed by atoms with van der Waals surface area (Å²) in [5, 5.41) is 5.19. The molecule has 4 aromatic rings. The molecule has 2 heterocycles. The van der Waals surface area contributed by atoms with Crippen LogP contribution < -0.4 is 10.9 Å². The van der Waals surface area contributed by atoms with Gasteiger partial charge in [-0.2, -0.15) is 0 Å². The molecule has 33 heavy (non-hydrogen) atoms. The number of hydrogen-bond donors (Lipinski definition) is 1. The van der Waals surface area contributed by atoms with Crippen LogP contribution in [0.1, 0.15) is 12.5 Å². The van der Waals surface area contributed by atoms with Gasteiger partial charge in [-0.15, -0.1) is 17.9 Å². The lowest BCUT2D eigenvalue weighted by molar-refractivity contribution is -0.115. The normalized spacial score (nSPS) is 12.0. The van der Waals surface area contributed by atoms with Gasteiger partial charge < -0.3 is 5.32 Å². The molecular formula is C25H22FN3O2S2. The number of nitrogens with zero attached hydrogens (tertiary/aromatic N) is 2. The van der Waals surface area contributed by atoms with Crippen LogP contribution in [-0.2, 0) is 11.3 Å². The first kappa shape index (κ1) is 22.9. The standard InChI is InChI=1S/C25H22FN3O2S2/c1-4-13-29-24(31)21-20(17-7-5-15(2)6-8-17)14-32-23(21)28-25(29)33-16(3)22(30)27-19-11-9-18(26)10-12-19/h4-12,14,16H,1,13H2,2-3H3,(H,27,30). The number of hydrogen-bond acceptors (Lipinski definition) is 5. The fourth-order valence-corrected chi connectivity index (χ4v) is 5.23. The molecule has 1 N–H and O–H groups in total. The number of amides is 1. The number of rotatable bonds is 7. The Morgan fingerprint density at radius 3 is 2.61 bits per heavy atom. The van der Waals surface area contributed by atoms with Crippen LogP contribution in [0.15, 0.2) is 76.5 Å². The molecule has 2 aromatic heterocycles. The minimum absolute atomic E-state index is 0.162. The van der Waals surface area contributed by atoms with Gasteiger partial charge in [0.15, 0.2) is 5.16 Å². The van der Waals surface area contributed by atoms with Gasteiger partial charge >= 0.3 is 0 Å². The Hall–Kier alpha value is -3.23. The lowest BCUT2D eigenvalue weighted by Gasteiger charge is -2.15. The zero-order valence-corrected chi connectivity index (χ0v) is 19.8. The zero-order chi connectivity index (χ0) is 23.5. The van der Waals surface area contributed by atoms with Crippen molar-refractivity contribution < 1.29 is 9.18 Å². The Balaban J connectivity index is 1.67. The minimum atomic E-state index is -0.535. The Morgan fingerprint density at radius 2 is 1.94 bits per heavy atom. The van der Waals surface area contributed by atoms with Crippen LogP contribution >= 0.6 is 23.1 Å². The summed E-state index contributed by atoms with van der Waals surface area (Å²) < 4.78 is 14.7. The van der Waals surface area contributed by atoms with Crippen molar-refractivity contribution in [2.45, 2.75) is 30.8 Å². The fraction of sp³-hybridized carbons (Fsp3) is 0.160. The first-order chi connectivity index (χ1) is 15.9. The molecule has 0 saturated carbocycles. The zero-order valence-electron chi connectivity index (χ0n) is 18.2. The molecule has 2 aromatic carbocycles. The van der Waals surface area contributed by atoms with Crippen LogP contribution in [0.3, 0.4) is 0 Å². The van der Waals surface area contributed by atoms with E-state index in [2.05, 4.69) is 11.9 Å². The summed E-state index contributed by atoms with van der Waals surface area (Å²) in [6.45, 7) is 7.81. The van der Waals surface area contributed by atoms with Crippen molar-refractivity contribution in [3.05, 3.63) is 88.3 Å². The molecule has 4 rings (SSSR count). The van der Waals surface area contributed by atoms with E-state index in [1.54, 1.807) is 17.6 Å². The average molecular weight is 480 g/mol. The molecule has 5 nitrogen and oxygen atoms in total. The number of benzene rings is 2. The van der Waals surface area contributed by atoms with Gasteiger partial charge in [0.2, 0.25) is 5.91 Å². The molecule has 1 amide bonds.